The predicted molar refractivity (Wildman–Crippen MR) is 84.3 cm³/mol. The van der Waals surface area contributed by atoms with E-state index >= 15 is 0 Å². The Kier molecular flexibility index (Phi) is 8.28. The van der Waals surface area contributed by atoms with Crippen molar-refractivity contribution in [3.05, 3.63) is 23.8 Å². The second-order valence-corrected chi connectivity index (χ2v) is 4.73. The van der Waals surface area contributed by atoms with Gasteiger partial charge in [0.15, 0.2) is 24.2 Å². The highest BCUT2D eigenvalue weighted by Crippen LogP contribution is 2.27. The smallest absolute Gasteiger partial charge is 0.344 e. The molecule has 1 aromatic rings. The van der Waals surface area contributed by atoms with Gasteiger partial charge in [-0.3, -0.25) is 9.59 Å². The number of rotatable bonds is 10. The van der Waals surface area contributed by atoms with Gasteiger partial charge >= 0.3 is 5.97 Å². The van der Waals surface area contributed by atoms with Crippen LogP contribution in [0.3, 0.4) is 0 Å². The van der Waals surface area contributed by atoms with Crippen LogP contribution in [-0.2, 0) is 19.1 Å². The topological polar surface area (TPSA) is 100 Å². The molecule has 24 heavy (non-hydrogen) atoms. The standard InChI is InChI=1S/C16H21NO7/c1-11(16(20)17-6-7-21-2)24-15(19)10-23-13-5-4-12(9-18)8-14(13)22-3/h4-5,8-9,11H,6-7,10H2,1-3H3,(H,17,20)/t11-/m0/s1. The zero-order valence-corrected chi connectivity index (χ0v) is 13.9. The van der Waals surface area contributed by atoms with Gasteiger partial charge in [0, 0.05) is 19.2 Å². The first kappa shape index (κ1) is 19.4. The van der Waals surface area contributed by atoms with E-state index < -0.39 is 24.6 Å². The zero-order chi connectivity index (χ0) is 17.9. The van der Waals surface area contributed by atoms with Crippen LogP contribution in [0.4, 0.5) is 0 Å². The van der Waals surface area contributed by atoms with Crippen molar-refractivity contribution in [3.63, 3.8) is 0 Å². The average Bonchev–Trinajstić information content (AvgIpc) is 2.59. The van der Waals surface area contributed by atoms with Crippen molar-refractivity contribution in [2.45, 2.75) is 13.0 Å². The number of aldehydes is 1. The van der Waals surface area contributed by atoms with Crippen LogP contribution in [0.2, 0.25) is 0 Å². The Morgan fingerprint density at radius 3 is 2.62 bits per heavy atom. The summed E-state index contributed by atoms with van der Waals surface area (Å²) in [7, 11) is 2.93. The van der Waals surface area contributed by atoms with Crippen LogP contribution >= 0.6 is 0 Å². The summed E-state index contributed by atoms with van der Waals surface area (Å²) in [5.41, 5.74) is 0.420. The lowest BCUT2D eigenvalue weighted by Crippen LogP contribution is -2.38. The summed E-state index contributed by atoms with van der Waals surface area (Å²) < 4.78 is 20.2. The van der Waals surface area contributed by atoms with Crippen LogP contribution < -0.4 is 14.8 Å². The number of hydrogen-bond acceptors (Lipinski definition) is 7. The van der Waals surface area contributed by atoms with E-state index in [9.17, 15) is 14.4 Å². The molecule has 0 bridgehead atoms. The third-order valence-electron chi connectivity index (χ3n) is 2.95. The zero-order valence-electron chi connectivity index (χ0n) is 13.9. The molecule has 0 saturated carbocycles. The molecular formula is C16H21NO7. The third kappa shape index (κ3) is 6.25. The summed E-state index contributed by atoms with van der Waals surface area (Å²) in [6, 6.07) is 4.53. The number of benzene rings is 1. The first-order valence-electron chi connectivity index (χ1n) is 7.24. The molecule has 0 heterocycles. The second kappa shape index (κ2) is 10.2. The van der Waals surface area contributed by atoms with Crippen LogP contribution in [0.15, 0.2) is 18.2 Å². The summed E-state index contributed by atoms with van der Waals surface area (Å²) in [5, 5.41) is 2.56. The molecule has 132 valence electrons. The minimum atomic E-state index is -0.947. The van der Waals surface area contributed by atoms with Crippen molar-refractivity contribution in [2.75, 3.05) is 34.0 Å². The van der Waals surface area contributed by atoms with E-state index in [1.807, 2.05) is 0 Å². The fraction of sp³-hybridized carbons (Fsp3) is 0.438. The predicted octanol–water partition coefficient (Wildman–Crippen LogP) is 0.581. The van der Waals surface area contributed by atoms with Crippen molar-refractivity contribution in [2.24, 2.45) is 0 Å². The molecule has 0 unspecified atom stereocenters. The Hall–Kier alpha value is -2.61. The molecule has 0 radical (unpaired) electrons. The van der Waals surface area contributed by atoms with E-state index in [4.69, 9.17) is 18.9 Å². The Bertz CT molecular complexity index is 574. The van der Waals surface area contributed by atoms with Crippen molar-refractivity contribution in [1.82, 2.24) is 5.32 Å². The van der Waals surface area contributed by atoms with Gasteiger partial charge < -0.3 is 24.3 Å². The summed E-state index contributed by atoms with van der Waals surface area (Å²) in [5.74, 6) is -0.519. The van der Waals surface area contributed by atoms with Crippen molar-refractivity contribution in [1.29, 1.82) is 0 Å². The number of nitrogens with one attached hydrogen (secondary N) is 1. The van der Waals surface area contributed by atoms with Gasteiger partial charge in [0.2, 0.25) is 0 Å². The molecule has 0 aliphatic carbocycles. The molecule has 1 N–H and O–H groups in total. The van der Waals surface area contributed by atoms with Gasteiger partial charge in [0.25, 0.3) is 5.91 Å². The summed E-state index contributed by atoms with van der Waals surface area (Å²) in [6.07, 6.45) is -0.276. The molecule has 0 spiro atoms. The van der Waals surface area contributed by atoms with Gasteiger partial charge in [-0.25, -0.2) is 4.79 Å². The number of carbonyl (C=O) groups excluding carboxylic acids is 3. The van der Waals surface area contributed by atoms with E-state index in [-0.39, 0.29) is 5.75 Å². The lowest BCUT2D eigenvalue weighted by Gasteiger charge is -2.14. The quantitative estimate of drug-likeness (QED) is 0.378. The molecular weight excluding hydrogens is 318 g/mol. The average molecular weight is 339 g/mol. The first-order chi connectivity index (χ1) is 11.5. The molecule has 1 amide bonds. The van der Waals surface area contributed by atoms with Gasteiger partial charge in [-0.1, -0.05) is 0 Å². The molecule has 0 aliphatic rings. The molecule has 1 atom stereocenters. The van der Waals surface area contributed by atoms with Crippen LogP contribution in [0.5, 0.6) is 11.5 Å². The third-order valence-corrected chi connectivity index (χ3v) is 2.95. The molecule has 8 heteroatoms. The Labute approximate surface area is 140 Å². The highest BCUT2D eigenvalue weighted by molar-refractivity contribution is 5.83. The summed E-state index contributed by atoms with van der Waals surface area (Å²) >= 11 is 0. The molecule has 1 rings (SSSR count). The van der Waals surface area contributed by atoms with Crippen molar-refractivity contribution >= 4 is 18.2 Å². The second-order valence-electron chi connectivity index (χ2n) is 4.73. The van der Waals surface area contributed by atoms with Gasteiger partial charge in [-0.2, -0.15) is 0 Å². The van der Waals surface area contributed by atoms with E-state index in [0.29, 0.717) is 30.8 Å². The highest BCUT2D eigenvalue weighted by atomic mass is 16.6. The van der Waals surface area contributed by atoms with Gasteiger partial charge in [-0.05, 0) is 25.1 Å². The van der Waals surface area contributed by atoms with E-state index in [1.165, 1.54) is 39.3 Å². The lowest BCUT2D eigenvalue weighted by molar-refractivity contribution is -0.156. The number of methoxy groups -OCH3 is 2. The maximum atomic E-state index is 11.7. The minimum Gasteiger partial charge on any atom is -0.493 e. The van der Waals surface area contributed by atoms with E-state index in [1.54, 1.807) is 0 Å². The van der Waals surface area contributed by atoms with Gasteiger partial charge in [0.1, 0.15) is 6.29 Å². The summed E-state index contributed by atoms with van der Waals surface area (Å²) in [6.45, 7) is 1.76. The molecule has 0 aromatic heterocycles. The minimum absolute atomic E-state index is 0.289. The Morgan fingerprint density at radius 1 is 1.25 bits per heavy atom. The molecule has 0 aliphatic heterocycles. The van der Waals surface area contributed by atoms with Crippen LogP contribution in [0.25, 0.3) is 0 Å². The number of carbonyl (C=O) groups is 3. The molecule has 8 nitrogen and oxygen atoms in total. The maximum absolute atomic E-state index is 11.7. The molecule has 0 saturated heterocycles. The first-order valence-corrected chi connectivity index (χ1v) is 7.24. The van der Waals surface area contributed by atoms with Crippen molar-refractivity contribution in [3.8, 4) is 11.5 Å². The monoisotopic (exact) mass is 339 g/mol. The van der Waals surface area contributed by atoms with E-state index in [0.717, 1.165) is 0 Å². The fourth-order valence-corrected chi connectivity index (χ4v) is 1.72. The van der Waals surface area contributed by atoms with Crippen LogP contribution in [0, 0.1) is 0 Å². The number of amides is 1. The van der Waals surface area contributed by atoms with E-state index in [2.05, 4.69) is 5.32 Å². The van der Waals surface area contributed by atoms with Crippen molar-refractivity contribution < 1.29 is 33.3 Å². The Morgan fingerprint density at radius 2 is 2.00 bits per heavy atom. The fourth-order valence-electron chi connectivity index (χ4n) is 1.72. The normalized spacial score (nSPS) is 11.3. The van der Waals surface area contributed by atoms with Crippen LogP contribution in [0.1, 0.15) is 17.3 Å². The lowest BCUT2D eigenvalue weighted by atomic mass is 10.2. The maximum Gasteiger partial charge on any atom is 0.344 e. The molecule has 1 aromatic carbocycles. The number of ether oxygens (including phenoxy) is 4. The van der Waals surface area contributed by atoms with Gasteiger partial charge in [0.05, 0.1) is 13.7 Å². The number of hydrogen-bond donors (Lipinski definition) is 1. The largest absolute Gasteiger partial charge is 0.493 e. The number of esters is 1. The van der Waals surface area contributed by atoms with Gasteiger partial charge in [-0.15, -0.1) is 0 Å². The Balaban J connectivity index is 2.48. The highest BCUT2D eigenvalue weighted by Gasteiger charge is 2.18. The van der Waals surface area contributed by atoms with Crippen LogP contribution in [-0.4, -0.2) is 58.2 Å². The molecule has 0 fully saturated rings. The summed E-state index contributed by atoms with van der Waals surface area (Å²) in [4.78, 5) is 34.1. The SMILES string of the molecule is COCCNC(=O)[C@H](C)OC(=O)COc1ccc(C=O)cc1OC.